The van der Waals surface area contributed by atoms with Gasteiger partial charge >= 0.3 is 0 Å². The van der Waals surface area contributed by atoms with Gasteiger partial charge in [-0.05, 0) is 19.3 Å². The van der Waals surface area contributed by atoms with Crippen molar-refractivity contribution in [3.05, 3.63) is 11.7 Å². The molecule has 1 aliphatic rings. The minimum atomic E-state index is -2.94. The molecule has 0 aliphatic carbocycles. The molecule has 1 aromatic rings. The van der Waals surface area contributed by atoms with Gasteiger partial charge in [0.2, 0.25) is 5.89 Å². The first-order chi connectivity index (χ1) is 9.02. The number of hydrogen-bond acceptors (Lipinski definition) is 7. The van der Waals surface area contributed by atoms with Crippen LogP contribution in [0, 0.1) is 0 Å². The van der Waals surface area contributed by atoms with Gasteiger partial charge in [0.05, 0.1) is 17.5 Å². The molecular formula is C11H19N3O4S. The molecular weight excluding hydrogens is 270 g/mol. The number of rotatable bonds is 6. The van der Waals surface area contributed by atoms with Gasteiger partial charge in [0.1, 0.15) is 0 Å². The van der Waals surface area contributed by atoms with Gasteiger partial charge < -0.3 is 15.0 Å². The van der Waals surface area contributed by atoms with Crippen LogP contribution in [0.3, 0.4) is 0 Å². The first kappa shape index (κ1) is 14.4. The van der Waals surface area contributed by atoms with Crippen LogP contribution in [0.5, 0.6) is 0 Å². The van der Waals surface area contributed by atoms with Gasteiger partial charge in [0, 0.05) is 19.6 Å². The van der Waals surface area contributed by atoms with E-state index in [0.29, 0.717) is 31.2 Å². The fraction of sp³-hybridized carbons (Fsp3) is 0.818. The summed E-state index contributed by atoms with van der Waals surface area (Å²) in [7, 11) is -1.31. The Morgan fingerprint density at radius 2 is 2.37 bits per heavy atom. The molecule has 2 rings (SSSR count). The minimum absolute atomic E-state index is 0.102. The summed E-state index contributed by atoms with van der Waals surface area (Å²) in [6.45, 7) is 0.634. The van der Waals surface area contributed by atoms with Crippen molar-refractivity contribution >= 4 is 9.84 Å². The number of aromatic nitrogens is 2. The van der Waals surface area contributed by atoms with Crippen molar-refractivity contribution in [3.8, 4) is 0 Å². The van der Waals surface area contributed by atoms with Crippen LogP contribution in [0.15, 0.2) is 4.52 Å². The number of hydrogen-bond donors (Lipinski definition) is 1. The maximum absolute atomic E-state index is 11.4. The summed E-state index contributed by atoms with van der Waals surface area (Å²) < 4.78 is 32.9. The predicted molar refractivity (Wildman–Crippen MR) is 68.3 cm³/mol. The van der Waals surface area contributed by atoms with Crippen LogP contribution < -0.4 is 5.73 Å². The summed E-state index contributed by atoms with van der Waals surface area (Å²) in [6, 6.07) is -0.325. The topological polar surface area (TPSA) is 108 Å². The fourth-order valence-electron chi connectivity index (χ4n) is 2.13. The van der Waals surface area contributed by atoms with E-state index in [-0.39, 0.29) is 23.5 Å². The van der Waals surface area contributed by atoms with Crippen LogP contribution >= 0.6 is 0 Å². The van der Waals surface area contributed by atoms with Gasteiger partial charge in [-0.1, -0.05) is 5.16 Å². The molecule has 8 heteroatoms. The molecule has 7 nitrogen and oxygen atoms in total. The van der Waals surface area contributed by atoms with Crippen molar-refractivity contribution in [2.45, 2.75) is 31.2 Å². The highest BCUT2D eigenvalue weighted by atomic mass is 32.2. The molecule has 1 saturated heterocycles. The molecule has 2 N–H and O–H groups in total. The van der Waals surface area contributed by atoms with Crippen LogP contribution in [0.25, 0.3) is 0 Å². The number of nitrogens with zero attached hydrogens (tertiary/aromatic N) is 2. The summed E-state index contributed by atoms with van der Waals surface area (Å²) in [6.07, 6.45) is 2.06. The largest absolute Gasteiger partial charge is 0.385 e. The Bertz CT molecular complexity index is 514. The highest BCUT2D eigenvalue weighted by Gasteiger charge is 2.32. The monoisotopic (exact) mass is 289 g/mol. The van der Waals surface area contributed by atoms with Crippen LogP contribution in [0.4, 0.5) is 0 Å². The van der Waals surface area contributed by atoms with E-state index in [1.165, 1.54) is 0 Å². The molecule has 1 aromatic heterocycles. The van der Waals surface area contributed by atoms with Crippen molar-refractivity contribution in [2.24, 2.45) is 5.73 Å². The minimum Gasteiger partial charge on any atom is -0.385 e. The maximum Gasteiger partial charge on any atom is 0.243 e. The Kier molecular flexibility index (Phi) is 4.54. The van der Waals surface area contributed by atoms with E-state index in [2.05, 4.69) is 10.1 Å². The zero-order chi connectivity index (χ0) is 13.9. The standard InChI is InChI=1S/C11H19N3O4S/c1-17-5-2-3-9(12)11-13-10(14-18-11)8-4-6-19(15,16)7-8/h8-9H,2-7,12H2,1H3. The molecule has 2 unspecified atom stereocenters. The summed E-state index contributed by atoms with van der Waals surface area (Å²) in [4.78, 5) is 4.23. The first-order valence-electron chi connectivity index (χ1n) is 6.30. The highest BCUT2D eigenvalue weighted by molar-refractivity contribution is 7.91. The number of methoxy groups -OCH3 is 1. The molecule has 2 atom stereocenters. The van der Waals surface area contributed by atoms with Gasteiger partial charge in [-0.3, -0.25) is 0 Å². The van der Waals surface area contributed by atoms with Gasteiger partial charge in [0.15, 0.2) is 15.7 Å². The van der Waals surface area contributed by atoms with Crippen LogP contribution in [0.1, 0.15) is 42.9 Å². The Hall–Kier alpha value is -0.990. The average molecular weight is 289 g/mol. The first-order valence-corrected chi connectivity index (χ1v) is 8.12. The van der Waals surface area contributed by atoms with Crippen molar-refractivity contribution in [3.63, 3.8) is 0 Å². The molecule has 0 radical (unpaired) electrons. The third-order valence-corrected chi connectivity index (χ3v) is 5.00. The lowest BCUT2D eigenvalue weighted by Gasteiger charge is -2.05. The third-order valence-electron chi connectivity index (χ3n) is 3.24. The van der Waals surface area contributed by atoms with E-state index in [9.17, 15) is 8.42 Å². The van der Waals surface area contributed by atoms with Crippen molar-refractivity contribution in [2.75, 3.05) is 25.2 Å². The number of nitrogens with two attached hydrogens (primary N) is 1. The molecule has 108 valence electrons. The molecule has 2 heterocycles. The Labute approximate surface area is 112 Å². The Morgan fingerprint density at radius 3 is 3.00 bits per heavy atom. The van der Waals surface area contributed by atoms with Gasteiger partial charge in [-0.15, -0.1) is 0 Å². The normalized spacial score (nSPS) is 23.6. The lowest BCUT2D eigenvalue weighted by Crippen LogP contribution is -2.12. The quantitative estimate of drug-likeness (QED) is 0.755. The zero-order valence-corrected chi connectivity index (χ0v) is 11.7. The second kappa shape index (κ2) is 5.98. The maximum atomic E-state index is 11.4. The van der Waals surface area contributed by atoms with Crippen molar-refractivity contribution in [1.29, 1.82) is 0 Å². The molecule has 19 heavy (non-hydrogen) atoms. The molecule has 1 aliphatic heterocycles. The van der Waals surface area contributed by atoms with Crippen molar-refractivity contribution < 1.29 is 17.7 Å². The highest BCUT2D eigenvalue weighted by Crippen LogP contribution is 2.27. The molecule has 0 bridgehead atoms. The molecule has 1 fully saturated rings. The van der Waals surface area contributed by atoms with E-state index in [1.807, 2.05) is 0 Å². The average Bonchev–Trinajstić information content (AvgIpc) is 2.95. The predicted octanol–water partition coefficient (Wildman–Crippen LogP) is 0.398. The van der Waals surface area contributed by atoms with Crippen molar-refractivity contribution in [1.82, 2.24) is 10.1 Å². The van der Waals surface area contributed by atoms with Crippen LogP contribution in [-0.4, -0.2) is 43.8 Å². The smallest absolute Gasteiger partial charge is 0.243 e. The second-order valence-corrected chi connectivity index (χ2v) is 7.06. The van der Waals surface area contributed by atoms with Crippen LogP contribution in [-0.2, 0) is 14.6 Å². The van der Waals surface area contributed by atoms with E-state index >= 15 is 0 Å². The molecule has 0 amide bonds. The number of ether oxygens (including phenoxy) is 1. The lowest BCUT2D eigenvalue weighted by molar-refractivity contribution is 0.188. The zero-order valence-electron chi connectivity index (χ0n) is 10.9. The molecule has 0 aromatic carbocycles. The molecule has 0 spiro atoms. The second-order valence-electron chi connectivity index (χ2n) is 4.83. The van der Waals surface area contributed by atoms with E-state index in [1.54, 1.807) is 7.11 Å². The summed E-state index contributed by atoms with van der Waals surface area (Å²) in [5.74, 6) is 0.967. The Balaban J connectivity index is 1.95. The molecule has 0 saturated carbocycles. The third kappa shape index (κ3) is 3.74. The SMILES string of the molecule is COCCCC(N)c1nc(C2CCS(=O)(=O)C2)no1. The van der Waals surface area contributed by atoms with Gasteiger partial charge in [-0.25, -0.2) is 8.42 Å². The van der Waals surface area contributed by atoms with Gasteiger partial charge in [-0.2, -0.15) is 4.98 Å². The fourth-order valence-corrected chi connectivity index (χ4v) is 3.87. The summed E-state index contributed by atoms with van der Waals surface area (Å²) >= 11 is 0. The Morgan fingerprint density at radius 1 is 1.58 bits per heavy atom. The van der Waals surface area contributed by atoms with Crippen LogP contribution in [0.2, 0.25) is 0 Å². The number of sulfone groups is 1. The lowest BCUT2D eigenvalue weighted by atomic mass is 10.1. The van der Waals surface area contributed by atoms with E-state index in [4.69, 9.17) is 15.0 Å². The summed E-state index contributed by atoms with van der Waals surface area (Å²) in [5.41, 5.74) is 5.93. The van der Waals surface area contributed by atoms with E-state index in [0.717, 1.165) is 6.42 Å². The summed E-state index contributed by atoms with van der Waals surface area (Å²) in [5, 5.41) is 3.85. The van der Waals surface area contributed by atoms with Gasteiger partial charge in [0.25, 0.3) is 0 Å². The van der Waals surface area contributed by atoms with E-state index < -0.39 is 9.84 Å².